The van der Waals surface area contributed by atoms with Gasteiger partial charge in [0.05, 0.1) is 9.72 Å². The first kappa shape index (κ1) is 12.9. The lowest BCUT2D eigenvalue weighted by Gasteiger charge is -2.20. The summed E-state index contributed by atoms with van der Waals surface area (Å²) in [6, 6.07) is 6.12. The van der Waals surface area contributed by atoms with Crippen molar-refractivity contribution in [3.05, 3.63) is 33.7 Å². The maximum atomic E-state index is 6.22. The summed E-state index contributed by atoms with van der Waals surface area (Å²) in [5.41, 5.74) is 1.50. The highest BCUT2D eigenvalue weighted by atomic mass is 35.5. The molecule has 1 N–H and O–H groups in total. The SMILES string of the molecule is Cc1c(CNC(C)(C)C)sc2c(Cl)cccc12. The first-order valence-corrected chi connectivity index (χ1v) is 6.99. The monoisotopic (exact) mass is 267 g/mol. The van der Waals surface area contributed by atoms with Crippen molar-refractivity contribution < 1.29 is 0 Å². The number of halogens is 1. The lowest BCUT2D eigenvalue weighted by atomic mass is 10.1. The van der Waals surface area contributed by atoms with Gasteiger partial charge in [0.25, 0.3) is 0 Å². The molecule has 1 nitrogen and oxygen atoms in total. The molecule has 1 aromatic carbocycles. The average Bonchev–Trinajstić information content (AvgIpc) is 2.54. The van der Waals surface area contributed by atoms with Crippen molar-refractivity contribution in [2.45, 2.75) is 39.8 Å². The van der Waals surface area contributed by atoms with Crippen molar-refractivity contribution in [1.29, 1.82) is 0 Å². The zero-order valence-corrected chi connectivity index (χ0v) is 12.3. The predicted molar refractivity (Wildman–Crippen MR) is 78.2 cm³/mol. The molecule has 92 valence electrons. The van der Waals surface area contributed by atoms with Gasteiger partial charge in [-0.3, -0.25) is 0 Å². The van der Waals surface area contributed by atoms with Crippen molar-refractivity contribution in [1.82, 2.24) is 5.32 Å². The molecule has 1 heterocycles. The Kier molecular flexibility index (Phi) is 3.48. The summed E-state index contributed by atoms with van der Waals surface area (Å²) >= 11 is 8.02. The van der Waals surface area contributed by atoms with E-state index < -0.39 is 0 Å². The van der Waals surface area contributed by atoms with Crippen LogP contribution in [0.3, 0.4) is 0 Å². The van der Waals surface area contributed by atoms with Gasteiger partial charge < -0.3 is 5.32 Å². The molecule has 2 aromatic rings. The molecule has 0 radical (unpaired) electrons. The molecule has 0 saturated carbocycles. The third kappa shape index (κ3) is 2.82. The first-order valence-electron chi connectivity index (χ1n) is 5.80. The van der Waals surface area contributed by atoms with E-state index in [2.05, 4.69) is 39.1 Å². The second kappa shape index (κ2) is 4.60. The number of aryl methyl sites for hydroxylation is 1. The molecule has 0 saturated heterocycles. The van der Waals surface area contributed by atoms with E-state index in [0.29, 0.717) is 0 Å². The van der Waals surface area contributed by atoms with Crippen LogP contribution in [-0.2, 0) is 6.54 Å². The molecule has 3 heteroatoms. The zero-order valence-electron chi connectivity index (χ0n) is 10.7. The molecule has 0 unspecified atom stereocenters. The summed E-state index contributed by atoms with van der Waals surface area (Å²) in [4.78, 5) is 1.38. The van der Waals surface area contributed by atoms with Crippen LogP contribution >= 0.6 is 22.9 Å². The van der Waals surface area contributed by atoms with E-state index in [1.807, 2.05) is 12.1 Å². The first-order chi connectivity index (χ1) is 7.88. The number of rotatable bonds is 2. The lowest BCUT2D eigenvalue weighted by Crippen LogP contribution is -2.34. The Hall–Kier alpha value is -0.570. The quantitative estimate of drug-likeness (QED) is 0.828. The highest BCUT2D eigenvalue weighted by molar-refractivity contribution is 7.20. The summed E-state index contributed by atoms with van der Waals surface area (Å²) in [6.07, 6.45) is 0. The zero-order chi connectivity index (χ0) is 12.6. The van der Waals surface area contributed by atoms with Crippen LogP contribution in [0.5, 0.6) is 0 Å². The van der Waals surface area contributed by atoms with Gasteiger partial charge in [-0.25, -0.2) is 0 Å². The Labute approximate surface area is 112 Å². The van der Waals surface area contributed by atoms with E-state index in [1.54, 1.807) is 11.3 Å². The number of benzene rings is 1. The number of fused-ring (bicyclic) bond motifs is 1. The lowest BCUT2D eigenvalue weighted by molar-refractivity contribution is 0.426. The number of hydrogen-bond acceptors (Lipinski definition) is 2. The largest absolute Gasteiger partial charge is 0.307 e. The fourth-order valence-electron chi connectivity index (χ4n) is 1.77. The molecule has 0 aliphatic rings. The number of thiophene rings is 1. The van der Waals surface area contributed by atoms with E-state index in [0.717, 1.165) is 11.6 Å². The molecular formula is C14H18ClNS. The van der Waals surface area contributed by atoms with Crippen molar-refractivity contribution >= 4 is 33.0 Å². The van der Waals surface area contributed by atoms with Crippen LogP contribution in [0, 0.1) is 6.92 Å². The average molecular weight is 268 g/mol. The minimum atomic E-state index is 0.145. The van der Waals surface area contributed by atoms with Crippen LogP contribution in [0.15, 0.2) is 18.2 Å². The highest BCUT2D eigenvalue weighted by Crippen LogP contribution is 2.35. The number of hydrogen-bond donors (Lipinski definition) is 1. The normalized spacial score (nSPS) is 12.3. The van der Waals surface area contributed by atoms with Gasteiger partial charge in [-0.1, -0.05) is 23.7 Å². The van der Waals surface area contributed by atoms with E-state index in [4.69, 9.17) is 11.6 Å². The molecule has 0 aliphatic carbocycles. The van der Waals surface area contributed by atoms with Crippen LogP contribution < -0.4 is 5.32 Å². The topological polar surface area (TPSA) is 12.0 Å². The molecule has 0 aliphatic heterocycles. The maximum Gasteiger partial charge on any atom is 0.0584 e. The fraction of sp³-hybridized carbons (Fsp3) is 0.429. The summed E-state index contributed by atoms with van der Waals surface area (Å²) < 4.78 is 1.21. The van der Waals surface area contributed by atoms with Crippen LogP contribution in [0.4, 0.5) is 0 Å². The molecule has 0 atom stereocenters. The van der Waals surface area contributed by atoms with Gasteiger partial charge in [0.2, 0.25) is 0 Å². The maximum absolute atomic E-state index is 6.22. The third-order valence-corrected chi connectivity index (χ3v) is 4.56. The Bertz CT molecular complexity index is 537. The van der Waals surface area contributed by atoms with E-state index in [9.17, 15) is 0 Å². The van der Waals surface area contributed by atoms with Crippen LogP contribution in [0.25, 0.3) is 10.1 Å². The smallest absolute Gasteiger partial charge is 0.0584 e. The second-order valence-electron chi connectivity index (χ2n) is 5.37. The molecule has 0 fully saturated rings. The van der Waals surface area contributed by atoms with Gasteiger partial charge in [0.15, 0.2) is 0 Å². The highest BCUT2D eigenvalue weighted by Gasteiger charge is 2.13. The summed E-state index contributed by atoms with van der Waals surface area (Å²) in [6.45, 7) is 9.63. The van der Waals surface area contributed by atoms with Crippen molar-refractivity contribution in [2.75, 3.05) is 0 Å². The van der Waals surface area contributed by atoms with Gasteiger partial charge in [0, 0.05) is 17.0 Å². The molecule has 1 aromatic heterocycles. The molecule has 0 spiro atoms. The Balaban J connectivity index is 2.36. The van der Waals surface area contributed by atoms with E-state index in [-0.39, 0.29) is 5.54 Å². The summed E-state index contributed by atoms with van der Waals surface area (Å²) in [7, 11) is 0. The summed E-state index contributed by atoms with van der Waals surface area (Å²) in [5, 5.41) is 5.67. The minimum Gasteiger partial charge on any atom is -0.307 e. The number of nitrogens with one attached hydrogen (secondary N) is 1. The van der Waals surface area contributed by atoms with Gasteiger partial charge in [-0.15, -0.1) is 11.3 Å². The molecule has 17 heavy (non-hydrogen) atoms. The van der Waals surface area contributed by atoms with E-state index >= 15 is 0 Å². The van der Waals surface area contributed by atoms with Crippen molar-refractivity contribution in [3.8, 4) is 0 Å². The molecule has 2 rings (SSSR count). The standard InChI is InChI=1S/C14H18ClNS/c1-9-10-6-5-7-11(15)13(10)17-12(9)8-16-14(2,3)4/h5-7,16H,8H2,1-4H3. The molecule has 0 amide bonds. The van der Waals surface area contributed by atoms with Crippen molar-refractivity contribution in [2.24, 2.45) is 0 Å². The van der Waals surface area contributed by atoms with Crippen LogP contribution in [-0.4, -0.2) is 5.54 Å². The van der Waals surface area contributed by atoms with Gasteiger partial charge >= 0.3 is 0 Å². The molecule has 0 bridgehead atoms. The second-order valence-corrected chi connectivity index (χ2v) is 6.88. The minimum absolute atomic E-state index is 0.145. The Morgan fingerprint density at radius 2 is 2.00 bits per heavy atom. The third-order valence-electron chi connectivity index (χ3n) is 2.79. The van der Waals surface area contributed by atoms with Gasteiger partial charge in [-0.2, -0.15) is 0 Å². The van der Waals surface area contributed by atoms with E-state index in [1.165, 1.54) is 20.5 Å². The fourth-order valence-corrected chi connectivity index (χ4v) is 3.21. The molecular weight excluding hydrogens is 250 g/mol. The summed E-state index contributed by atoms with van der Waals surface area (Å²) in [5.74, 6) is 0. The van der Waals surface area contributed by atoms with Gasteiger partial charge in [-0.05, 0) is 44.7 Å². The van der Waals surface area contributed by atoms with Crippen LogP contribution in [0.2, 0.25) is 5.02 Å². The Morgan fingerprint density at radius 1 is 1.29 bits per heavy atom. The van der Waals surface area contributed by atoms with Gasteiger partial charge in [0.1, 0.15) is 0 Å². The van der Waals surface area contributed by atoms with Crippen molar-refractivity contribution in [3.63, 3.8) is 0 Å². The Morgan fingerprint density at radius 3 is 2.59 bits per heavy atom. The predicted octanol–water partition coefficient (Wildman–Crippen LogP) is 4.75. The van der Waals surface area contributed by atoms with Crippen LogP contribution in [0.1, 0.15) is 31.2 Å².